The van der Waals surface area contributed by atoms with E-state index >= 15 is 0 Å². The van der Waals surface area contributed by atoms with Crippen LogP contribution in [0, 0.1) is 5.92 Å². The maximum atomic E-state index is 12.6. The molecule has 0 spiro atoms. The molecular weight excluding hydrogens is 378 g/mol. The van der Waals surface area contributed by atoms with Crippen molar-refractivity contribution in [1.29, 1.82) is 0 Å². The smallest absolute Gasteiger partial charge is 0.281 e. The van der Waals surface area contributed by atoms with Crippen molar-refractivity contribution >= 4 is 16.1 Å². The van der Waals surface area contributed by atoms with Crippen molar-refractivity contribution in [3.63, 3.8) is 0 Å². The number of hydrogen-bond donors (Lipinski definition) is 1. The number of pyridine rings is 1. The molecule has 2 fully saturated rings. The summed E-state index contributed by atoms with van der Waals surface area (Å²) in [5.74, 6) is 0.0731. The van der Waals surface area contributed by atoms with Gasteiger partial charge in [0.25, 0.3) is 10.2 Å². The Morgan fingerprint density at radius 1 is 1.21 bits per heavy atom. The summed E-state index contributed by atoms with van der Waals surface area (Å²) >= 11 is 0. The minimum Gasteiger partial charge on any atom is -0.350 e. The quantitative estimate of drug-likeness (QED) is 0.747. The highest BCUT2D eigenvalue weighted by Gasteiger charge is 2.34. The molecule has 2 saturated heterocycles. The van der Waals surface area contributed by atoms with Gasteiger partial charge in [0.2, 0.25) is 5.91 Å². The van der Waals surface area contributed by atoms with E-state index in [0.29, 0.717) is 25.7 Å². The second-order valence-electron chi connectivity index (χ2n) is 7.79. The van der Waals surface area contributed by atoms with Gasteiger partial charge in [0, 0.05) is 46.0 Å². The molecule has 1 aromatic rings. The highest BCUT2D eigenvalue weighted by molar-refractivity contribution is 7.86. The van der Waals surface area contributed by atoms with Crippen molar-refractivity contribution in [2.45, 2.75) is 38.3 Å². The number of rotatable bonds is 6. The topological polar surface area (TPSA) is 85.9 Å². The highest BCUT2D eigenvalue weighted by Crippen LogP contribution is 2.25. The lowest BCUT2D eigenvalue weighted by Crippen LogP contribution is -2.52. The van der Waals surface area contributed by atoms with E-state index in [-0.39, 0.29) is 11.8 Å². The van der Waals surface area contributed by atoms with Crippen LogP contribution in [0.25, 0.3) is 0 Å². The zero-order chi connectivity index (χ0) is 20.1. The Labute approximate surface area is 168 Å². The number of likely N-dealkylation sites (tertiary alicyclic amines) is 1. The lowest BCUT2D eigenvalue weighted by molar-refractivity contribution is -0.127. The largest absolute Gasteiger partial charge is 0.350 e. The molecule has 3 heterocycles. The number of nitrogens with one attached hydrogen (secondary N) is 1. The van der Waals surface area contributed by atoms with Crippen molar-refractivity contribution in [3.05, 3.63) is 30.1 Å². The first-order valence-corrected chi connectivity index (χ1v) is 11.4. The van der Waals surface area contributed by atoms with E-state index in [1.165, 1.54) is 4.31 Å². The minimum absolute atomic E-state index is 0.0130. The molecule has 1 N–H and O–H groups in total. The fourth-order valence-electron chi connectivity index (χ4n) is 4.05. The first-order chi connectivity index (χ1) is 13.4. The average molecular weight is 410 g/mol. The molecule has 2 aliphatic rings. The van der Waals surface area contributed by atoms with Crippen LogP contribution in [0.3, 0.4) is 0 Å². The van der Waals surface area contributed by atoms with Gasteiger partial charge in [-0.05, 0) is 44.4 Å². The molecule has 28 heavy (non-hydrogen) atoms. The monoisotopic (exact) mass is 409 g/mol. The van der Waals surface area contributed by atoms with Crippen molar-refractivity contribution < 1.29 is 13.2 Å². The van der Waals surface area contributed by atoms with Crippen molar-refractivity contribution in [2.24, 2.45) is 5.92 Å². The second-order valence-corrected chi connectivity index (χ2v) is 9.94. The standard InChI is InChI=1S/C19H31N5O3S/c1-22(2)28(26,27)24-12-8-18(9-13-24)23-11-5-6-16(15-23)19(25)21-14-17-7-3-4-10-20-17/h3-4,7,10,16,18H,5-6,8-9,11-15H2,1-2H3,(H,21,25). The zero-order valence-corrected chi connectivity index (χ0v) is 17.6. The maximum absolute atomic E-state index is 12.6. The molecule has 0 aromatic carbocycles. The molecule has 1 amide bonds. The van der Waals surface area contributed by atoms with Crippen LogP contribution in [0.5, 0.6) is 0 Å². The fraction of sp³-hybridized carbons (Fsp3) is 0.684. The van der Waals surface area contributed by atoms with E-state index in [9.17, 15) is 13.2 Å². The zero-order valence-electron chi connectivity index (χ0n) is 16.7. The molecule has 3 rings (SSSR count). The fourth-order valence-corrected chi connectivity index (χ4v) is 5.18. The maximum Gasteiger partial charge on any atom is 0.281 e. The van der Waals surface area contributed by atoms with Gasteiger partial charge in [-0.1, -0.05) is 6.07 Å². The molecule has 2 aliphatic heterocycles. The molecule has 1 aromatic heterocycles. The van der Waals surface area contributed by atoms with Crippen LogP contribution in [-0.4, -0.2) is 79.1 Å². The van der Waals surface area contributed by atoms with Crippen LogP contribution in [0.1, 0.15) is 31.4 Å². The van der Waals surface area contributed by atoms with Gasteiger partial charge >= 0.3 is 0 Å². The first-order valence-electron chi connectivity index (χ1n) is 9.97. The number of aromatic nitrogens is 1. The molecule has 0 radical (unpaired) electrons. The summed E-state index contributed by atoms with van der Waals surface area (Å²) < 4.78 is 27.4. The Morgan fingerprint density at radius 2 is 1.96 bits per heavy atom. The van der Waals surface area contributed by atoms with Crippen molar-refractivity contribution in [1.82, 2.24) is 23.8 Å². The SMILES string of the molecule is CN(C)S(=O)(=O)N1CCC(N2CCCC(C(=O)NCc3ccccn3)C2)CC1. The molecular formula is C19H31N5O3S. The Morgan fingerprint density at radius 3 is 2.61 bits per heavy atom. The molecule has 1 atom stereocenters. The Balaban J connectivity index is 1.49. The Hall–Kier alpha value is -1.55. The van der Waals surface area contributed by atoms with Crippen LogP contribution in [-0.2, 0) is 21.5 Å². The second kappa shape index (κ2) is 9.30. The average Bonchev–Trinajstić information content (AvgIpc) is 2.73. The van der Waals surface area contributed by atoms with E-state index in [2.05, 4.69) is 15.2 Å². The number of piperidine rings is 2. The number of hydrogen-bond acceptors (Lipinski definition) is 5. The Kier molecular flexibility index (Phi) is 7.03. The number of carbonyl (C=O) groups is 1. The molecule has 0 bridgehead atoms. The van der Waals surface area contributed by atoms with Gasteiger partial charge in [0.1, 0.15) is 0 Å². The van der Waals surface area contributed by atoms with E-state index in [1.807, 2.05) is 18.2 Å². The van der Waals surface area contributed by atoms with Gasteiger partial charge in [0.15, 0.2) is 0 Å². The van der Waals surface area contributed by atoms with Gasteiger partial charge in [-0.15, -0.1) is 0 Å². The summed E-state index contributed by atoms with van der Waals surface area (Å²) in [6.45, 7) is 3.27. The predicted molar refractivity (Wildman–Crippen MR) is 108 cm³/mol. The summed E-state index contributed by atoms with van der Waals surface area (Å²) in [6.07, 6.45) is 5.26. The molecule has 0 aliphatic carbocycles. The summed E-state index contributed by atoms with van der Waals surface area (Å²) in [5, 5.41) is 3.01. The van der Waals surface area contributed by atoms with E-state index < -0.39 is 10.2 Å². The molecule has 9 heteroatoms. The molecule has 0 saturated carbocycles. The van der Waals surface area contributed by atoms with E-state index in [0.717, 1.165) is 44.5 Å². The summed E-state index contributed by atoms with van der Waals surface area (Å²) in [6, 6.07) is 6.03. The van der Waals surface area contributed by atoms with Gasteiger partial charge in [-0.25, -0.2) is 0 Å². The summed E-state index contributed by atoms with van der Waals surface area (Å²) in [4.78, 5) is 19.2. The van der Waals surface area contributed by atoms with Crippen LogP contribution in [0.15, 0.2) is 24.4 Å². The van der Waals surface area contributed by atoms with E-state index in [1.54, 1.807) is 24.6 Å². The predicted octanol–water partition coefficient (Wildman–Crippen LogP) is 0.681. The minimum atomic E-state index is -3.33. The normalized spacial score (nSPS) is 23.0. The van der Waals surface area contributed by atoms with E-state index in [4.69, 9.17) is 0 Å². The van der Waals surface area contributed by atoms with Crippen LogP contribution >= 0.6 is 0 Å². The highest BCUT2D eigenvalue weighted by atomic mass is 32.2. The number of carbonyl (C=O) groups excluding carboxylic acids is 1. The third-order valence-corrected chi connectivity index (χ3v) is 7.66. The Bertz CT molecular complexity index is 748. The third-order valence-electron chi connectivity index (χ3n) is 5.72. The van der Waals surface area contributed by atoms with Crippen molar-refractivity contribution in [3.8, 4) is 0 Å². The van der Waals surface area contributed by atoms with Crippen LogP contribution in [0.4, 0.5) is 0 Å². The third kappa shape index (κ3) is 5.08. The van der Waals surface area contributed by atoms with Gasteiger partial charge < -0.3 is 5.32 Å². The number of nitrogens with zero attached hydrogens (tertiary/aromatic N) is 4. The summed E-state index contributed by atoms with van der Waals surface area (Å²) in [7, 11) is -0.195. The molecule has 156 valence electrons. The lowest BCUT2D eigenvalue weighted by atomic mass is 9.93. The summed E-state index contributed by atoms with van der Waals surface area (Å²) in [5.41, 5.74) is 0.859. The molecule has 8 nitrogen and oxygen atoms in total. The number of amides is 1. The van der Waals surface area contributed by atoms with Gasteiger partial charge in [-0.2, -0.15) is 17.0 Å². The van der Waals surface area contributed by atoms with Crippen molar-refractivity contribution in [2.75, 3.05) is 40.3 Å². The van der Waals surface area contributed by atoms with Gasteiger partial charge in [-0.3, -0.25) is 14.7 Å². The van der Waals surface area contributed by atoms with Crippen LogP contribution < -0.4 is 5.32 Å². The van der Waals surface area contributed by atoms with Crippen LogP contribution in [0.2, 0.25) is 0 Å². The molecule has 1 unspecified atom stereocenters. The first kappa shape index (κ1) is 21.2. The van der Waals surface area contributed by atoms with Gasteiger partial charge in [0.05, 0.1) is 18.2 Å². The lowest BCUT2D eigenvalue weighted by Gasteiger charge is -2.42.